The Morgan fingerprint density at radius 3 is 2.58 bits per heavy atom. The number of nitrogens with zero attached hydrogens (tertiary/aromatic N) is 2. The average Bonchev–Trinajstić information content (AvgIpc) is 3.23. The normalized spacial score (nSPS) is 16.1. The van der Waals surface area contributed by atoms with Gasteiger partial charge in [0.2, 0.25) is 0 Å². The van der Waals surface area contributed by atoms with E-state index in [1.807, 2.05) is 24.9 Å². The molecule has 2 aromatic heterocycles. The second-order valence-electron chi connectivity index (χ2n) is 9.85. The number of thiophene rings is 1. The molecule has 1 fully saturated rings. The summed E-state index contributed by atoms with van der Waals surface area (Å²) < 4.78 is 27.2. The summed E-state index contributed by atoms with van der Waals surface area (Å²) in [6.07, 6.45) is 1.46. The van der Waals surface area contributed by atoms with Crippen molar-refractivity contribution in [2.45, 2.75) is 26.0 Å². The van der Waals surface area contributed by atoms with E-state index >= 15 is 0 Å². The smallest absolute Gasteiger partial charge is 0.254 e. The van der Waals surface area contributed by atoms with Gasteiger partial charge in [-0.1, -0.05) is 18.2 Å². The fourth-order valence-corrected chi connectivity index (χ4v) is 6.81. The summed E-state index contributed by atoms with van der Waals surface area (Å²) in [5.74, 6) is -0.173. The molecule has 0 bridgehead atoms. The zero-order valence-electron chi connectivity index (χ0n) is 21.0. The summed E-state index contributed by atoms with van der Waals surface area (Å²) in [7, 11) is -0.440. The highest BCUT2D eigenvalue weighted by Crippen LogP contribution is 2.43. The van der Waals surface area contributed by atoms with E-state index in [2.05, 4.69) is 15.5 Å². The minimum absolute atomic E-state index is 0.290. The number of amides is 1. The predicted octanol–water partition coefficient (Wildman–Crippen LogP) is 5.09. The molecule has 7 nitrogen and oxygen atoms in total. The van der Waals surface area contributed by atoms with Crippen LogP contribution in [0.25, 0.3) is 10.4 Å². The molecule has 0 saturated carbocycles. The number of pyridine rings is 1. The van der Waals surface area contributed by atoms with Gasteiger partial charge >= 0.3 is 0 Å². The van der Waals surface area contributed by atoms with E-state index < -0.39 is 18.6 Å². The number of rotatable bonds is 7. The Hall–Kier alpha value is -2.58. The molecule has 1 amide bonds. The fourth-order valence-electron chi connectivity index (χ4n) is 4.09. The van der Waals surface area contributed by atoms with Crippen LogP contribution in [0, 0.1) is 5.82 Å². The van der Waals surface area contributed by atoms with Gasteiger partial charge in [-0.25, -0.2) is 9.37 Å². The molecule has 0 atom stereocenters. The largest absolute Gasteiger partial charge is 0.386 e. The highest BCUT2D eigenvalue weighted by atomic mass is 32.1. The molecule has 3 aromatic rings. The van der Waals surface area contributed by atoms with Gasteiger partial charge < -0.3 is 20.3 Å². The fraction of sp³-hybridized carbons (Fsp3) is 0.385. The summed E-state index contributed by atoms with van der Waals surface area (Å²) in [5, 5.41) is 16.6. The molecule has 4 rings (SSSR count). The first kappa shape index (κ1) is 26.5. The molecule has 0 unspecified atom stereocenters. The SMILES string of the molecule is CNC(=O)c1cc(-c2ccc(C(C)(C)O)cc2F)sc1Nc1cccc(CN2CCP(C)(=O)CC2)n1. The predicted molar refractivity (Wildman–Crippen MR) is 144 cm³/mol. The lowest BCUT2D eigenvalue weighted by molar-refractivity contribution is 0.0782. The lowest BCUT2D eigenvalue weighted by Gasteiger charge is -2.30. The maximum atomic E-state index is 15.0. The van der Waals surface area contributed by atoms with E-state index in [0.29, 0.717) is 38.9 Å². The lowest BCUT2D eigenvalue weighted by atomic mass is 9.96. The molecule has 0 spiro atoms. The molecule has 1 aliphatic rings. The summed E-state index contributed by atoms with van der Waals surface area (Å²) in [6, 6.07) is 12.0. The van der Waals surface area contributed by atoms with E-state index in [1.54, 1.807) is 39.1 Å². The number of carbonyl (C=O) groups excluding carboxylic acids is 1. The number of hydrogen-bond donors (Lipinski definition) is 3. The number of halogens is 1. The Balaban J connectivity index is 1.58. The van der Waals surface area contributed by atoms with E-state index in [0.717, 1.165) is 31.1 Å². The topological polar surface area (TPSA) is 94.6 Å². The first-order valence-electron chi connectivity index (χ1n) is 11.8. The van der Waals surface area contributed by atoms with Gasteiger partial charge in [0.25, 0.3) is 5.91 Å². The number of anilines is 2. The van der Waals surface area contributed by atoms with Crippen molar-refractivity contribution in [1.29, 1.82) is 0 Å². The third-order valence-corrected chi connectivity index (χ3v) is 9.73. The van der Waals surface area contributed by atoms with E-state index in [9.17, 15) is 18.9 Å². The molecule has 3 N–H and O–H groups in total. The minimum Gasteiger partial charge on any atom is -0.386 e. The molecule has 0 radical (unpaired) electrons. The van der Waals surface area contributed by atoms with Gasteiger partial charge in [-0.2, -0.15) is 0 Å². The molecule has 1 aromatic carbocycles. The van der Waals surface area contributed by atoms with Crippen LogP contribution in [-0.2, 0) is 16.7 Å². The lowest BCUT2D eigenvalue weighted by Crippen LogP contribution is -2.34. The second kappa shape index (κ2) is 10.4. The van der Waals surface area contributed by atoms with Crippen LogP contribution in [0.15, 0.2) is 42.5 Å². The van der Waals surface area contributed by atoms with Crippen molar-refractivity contribution >= 4 is 35.2 Å². The van der Waals surface area contributed by atoms with Crippen molar-refractivity contribution in [3.8, 4) is 10.4 Å². The van der Waals surface area contributed by atoms with Crippen molar-refractivity contribution in [3.05, 3.63) is 65.1 Å². The van der Waals surface area contributed by atoms with Crippen LogP contribution in [0.5, 0.6) is 0 Å². The van der Waals surface area contributed by atoms with Crippen molar-refractivity contribution in [3.63, 3.8) is 0 Å². The second-order valence-corrected chi connectivity index (χ2v) is 14.4. The van der Waals surface area contributed by atoms with Crippen LogP contribution >= 0.6 is 18.5 Å². The number of aliphatic hydroxyl groups is 1. The summed E-state index contributed by atoms with van der Waals surface area (Å²) in [6.45, 7) is 7.33. The number of aromatic nitrogens is 1. The maximum Gasteiger partial charge on any atom is 0.254 e. The average molecular weight is 531 g/mol. The number of benzene rings is 1. The Labute approximate surface area is 215 Å². The Morgan fingerprint density at radius 1 is 1.22 bits per heavy atom. The molecule has 36 heavy (non-hydrogen) atoms. The first-order valence-corrected chi connectivity index (χ1v) is 15.2. The van der Waals surface area contributed by atoms with Crippen LogP contribution in [0.3, 0.4) is 0 Å². The van der Waals surface area contributed by atoms with Gasteiger partial charge in [0.05, 0.1) is 24.0 Å². The Kier molecular flexibility index (Phi) is 7.67. The number of hydrogen-bond acceptors (Lipinski definition) is 7. The van der Waals surface area contributed by atoms with Crippen LogP contribution in [-0.4, -0.2) is 60.0 Å². The number of carbonyl (C=O) groups is 1. The third-order valence-electron chi connectivity index (χ3n) is 6.36. The zero-order valence-corrected chi connectivity index (χ0v) is 22.7. The van der Waals surface area contributed by atoms with Gasteiger partial charge in [-0.3, -0.25) is 9.69 Å². The zero-order chi connectivity index (χ0) is 26.1. The first-order chi connectivity index (χ1) is 16.9. The molecular formula is C26H32FN4O3PS. The molecule has 0 aliphatic carbocycles. The summed E-state index contributed by atoms with van der Waals surface area (Å²) in [4.78, 5) is 20.2. The quantitative estimate of drug-likeness (QED) is 0.369. The molecule has 192 valence electrons. The number of nitrogens with one attached hydrogen (secondary N) is 2. The molecule has 3 heterocycles. The summed E-state index contributed by atoms with van der Waals surface area (Å²) in [5.41, 5.74) is 0.938. The van der Waals surface area contributed by atoms with Crippen LogP contribution in [0.4, 0.5) is 15.2 Å². The van der Waals surface area contributed by atoms with E-state index in [4.69, 9.17) is 4.98 Å². The van der Waals surface area contributed by atoms with Crippen molar-refractivity contribution in [2.75, 3.05) is 44.4 Å². The minimum atomic E-state index is -1.99. The maximum absolute atomic E-state index is 15.0. The van der Waals surface area contributed by atoms with Gasteiger partial charge in [0, 0.05) is 49.4 Å². The van der Waals surface area contributed by atoms with Gasteiger partial charge in [-0.05, 0) is 50.3 Å². The van der Waals surface area contributed by atoms with Crippen molar-refractivity contribution < 1.29 is 18.9 Å². The van der Waals surface area contributed by atoms with E-state index in [1.165, 1.54) is 17.4 Å². The molecule has 1 saturated heterocycles. The Morgan fingerprint density at radius 2 is 1.94 bits per heavy atom. The van der Waals surface area contributed by atoms with Crippen LogP contribution in [0.2, 0.25) is 0 Å². The van der Waals surface area contributed by atoms with Gasteiger partial charge in [0.1, 0.15) is 16.6 Å². The van der Waals surface area contributed by atoms with E-state index in [-0.39, 0.29) is 5.91 Å². The highest BCUT2D eigenvalue weighted by Gasteiger charge is 2.24. The molecule has 1 aliphatic heterocycles. The van der Waals surface area contributed by atoms with Crippen LogP contribution in [0.1, 0.15) is 35.5 Å². The summed E-state index contributed by atoms with van der Waals surface area (Å²) >= 11 is 1.26. The third kappa shape index (κ3) is 6.21. The highest BCUT2D eigenvalue weighted by molar-refractivity contribution is 7.63. The van der Waals surface area contributed by atoms with Crippen LogP contribution < -0.4 is 10.6 Å². The monoisotopic (exact) mass is 530 g/mol. The van der Waals surface area contributed by atoms with Crippen molar-refractivity contribution in [1.82, 2.24) is 15.2 Å². The Bertz CT molecular complexity index is 1310. The van der Waals surface area contributed by atoms with Gasteiger partial charge in [0.15, 0.2) is 0 Å². The standard InChI is InChI=1S/C26H32FN4O3PS/c1-26(2,33)17-8-9-19(21(27)14-17)22-15-20(24(32)28-3)25(36-22)30-23-7-5-6-18(29-23)16-31-10-12-35(4,34)13-11-31/h5-9,14-15,33H,10-13,16H2,1-4H3,(H,28,32)(H,29,30). The molecular weight excluding hydrogens is 498 g/mol. The molecule has 10 heteroatoms. The van der Waals surface area contributed by atoms with Gasteiger partial charge in [-0.15, -0.1) is 11.3 Å². The van der Waals surface area contributed by atoms with Crippen molar-refractivity contribution in [2.24, 2.45) is 0 Å².